The lowest BCUT2D eigenvalue weighted by atomic mass is 9.43. The third-order valence-corrected chi connectivity index (χ3v) is 12.6. The van der Waals surface area contributed by atoms with Gasteiger partial charge in [0.1, 0.15) is 0 Å². The van der Waals surface area contributed by atoms with Gasteiger partial charge in [-0.25, -0.2) is 4.79 Å². The summed E-state index contributed by atoms with van der Waals surface area (Å²) >= 11 is 0. The first-order valence-corrected chi connectivity index (χ1v) is 17.5. The minimum absolute atomic E-state index is 0.0115. The van der Waals surface area contributed by atoms with Crippen molar-refractivity contribution in [1.29, 1.82) is 0 Å². The number of carboxylic acid groups (broad SMARTS) is 1. The lowest BCUT2D eigenvalue weighted by molar-refractivity contribution is -0.489. The molecule has 0 aromatic heterocycles. The molecule has 254 valence electrons. The van der Waals surface area contributed by atoms with Crippen LogP contribution in [0.2, 0.25) is 0 Å². The number of amides is 1. The number of hydrogen-bond donors (Lipinski definition) is 8. The maximum Gasteiger partial charge on any atom is 0.341 e. The topological polar surface area (TPSA) is 237 Å². The Morgan fingerprint density at radius 1 is 1.05 bits per heavy atom. The molecule has 4 aliphatic carbocycles. The van der Waals surface area contributed by atoms with Crippen molar-refractivity contribution in [2.45, 2.75) is 96.9 Å². The van der Waals surface area contributed by atoms with Gasteiger partial charge in [0, 0.05) is 13.0 Å². The maximum absolute atomic E-state index is 12.2. The number of hydrogen-bond acceptors (Lipinski definition) is 7. The molecule has 0 bridgehead atoms. The largest absolute Gasteiger partial charge is 0.479 e. The van der Waals surface area contributed by atoms with Gasteiger partial charge in [-0.3, -0.25) is 25.4 Å². The number of fused-ring (bicyclic) bond motifs is 5. The summed E-state index contributed by atoms with van der Waals surface area (Å²) in [4.78, 5) is 22.2. The van der Waals surface area contributed by atoms with Crippen molar-refractivity contribution in [3.8, 4) is 0 Å². The van der Waals surface area contributed by atoms with Gasteiger partial charge in [-0.2, -0.15) is 8.42 Å². The number of aliphatic hydroxyl groups excluding tert-OH is 3. The predicted octanol–water partition coefficient (Wildman–Crippen LogP) is 0.355. The number of carbonyl (C=O) groups is 2. The standard InChI is InChI=1S/C26H45NO7S.C4H9N3O2/c1-15(4-7-23(31)27-10-11-35(32,33)34)18-5-6-19-24-20(14-22(30)26(18,19)3)25(2)9-8-17(28)12-16(25)13-21(24)29;1-7(4(5)6)2-3(8)9/h15-22,24,28-30H,4-14H2,1-3H3,(H,27,31)(H,32,33,34);2H2,1H3,(H4,5,6,8,9)/p+1/t15-,16+,17-,18-,19+,20+,21-,22+,24+,25+,26-;/m1./s1. The van der Waals surface area contributed by atoms with Crippen LogP contribution in [0.4, 0.5) is 0 Å². The van der Waals surface area contributed by atoms with Crippen LogP contribution in [0.3, 0.4) is 0 Å². The quantitative estimate of drug-likeness (QED) is 0.0736. The summed E-state index contributed by atoms with van der Waals surface area (Å²) in [7, 11) is -2.59. The van der Waals surface area contributed by atoms with E-state index < -0.39 is 34.0 Å². The van der Waals surface area contributed by atoms with Crippen molar-refractivity contribution in [1.82, 2.24) is 5.32 Å². The molecule has 0 heterocycles. The zero-order valence-electron chi connectivity index (χ0n) is 26.6. The van der Waals surface area contributed by atoms with Crippen molar-refractivity contribution >= 4 is 28.0 Å². The van der Waals surface area contributed by atoms with E-state index in [1.165, 1.54) is 11.6 Å². The highest BCUT2D eigenvalue weighted by molar-refractivity contribution is 7.85. The van der Waals surface area contributed by atoms with Gasteiger partial charge in [0.2, 0.25) is 5.91 Å². The number of nitrogens with zero attached hydrogens (tertiary/aromatic N) is 1. The molecule has 44 heavy (non-hydrogen) atoms. The fraction of sp³-hybridized carbons (Fsp3) is 0.900. The first kappa shape index (κ1) is 36.5. The van der Waals surface area contributed by atoms with Crippen LogP contribution in [0.5, 0.6) is 0 Å². The summed E-state index contributed by atoms with van der Waals surface area (Å²) in [6.45, 7) is 6.40. The molecule has 4 fully saturated rings. The van der Waals surface area contributed by atoms with E-state index in [1.54, 1.807) is 0 Å². The lowest BCUT2D eigenvalue weighted by Crippen LogP contribution is -2.62. The van der Waals surface area contributed by atoms with Gasteiger partial charge in [-0.1, -0.05) is 20.8 Å². The molecular weight excluding hydrogens is 592 g/mol. The van der Waals surface area contributed by atoms with Crippen LogP contribution in [0.25, 0.3) is 0 Å². The number of aliphatic carboxylic acids is 1. The normalized spacial score (nSPS) is 38.5. The van der Waals surface area contributed by atoms with Crippen LogP contribution in [0, 0.1) is 46.3 Å². The average molecular weight is 648 g/mol. The van der Waals surface area contributed by atoms with Crippen molar-refractivity contribution in [3.63, 3.8) is 0 Å². The smallest absolute Gasteiger partial charge is 0.341 e. The van der Waals surface area contributed by atoms with Gasteiger partial charge in [-0.15, -0.1) is 0 Å². The SMILES string of the molecule is C[C@H](CCC(=O)NCCS(=O)(=O)O)[C@H]1CC[C@H]2[C@@H]3[C@H](O)C[C@@H]4C[C@H](O)CC[C@]4(C)[C@H]3C[C@H](O)[C@]12C.C[N+](CC(=O)O)=C(N)N. The van der Waals surface area contributed by atoms with Crippen molar-refractivity contribution in [2.75, 3.05) is 25.9 Å². The van der Waals surface area contributed by atoms with Crippen LogP contribution in [0.15, 0.2) is 0 Å². The number of rotatable bonds is 9. The summed E-state index contributed by atoms with van der Waals surface area (Å²) < 4.78 is 31.7. The summed E-state index contributed by atoms with van der Waals surface area (Å²) in [5, 5.41) is 44.0. The van der Waals surface area contributed by atoms with E-state index in [4.69, 9.17) is 21.1 Å². The molecule has 4 aliphatic rings. The number of nitrogens with two attached hydrogens (primary N) is 2. The number of carboxylic acids is 1. The van der Waals surface area contributed by atoms with Crippen LogP contribution in [-0.2, 0) is 19.7 Å². The van der Waals surface area contributed by atoms with E-state index in [0.29, 0.717) is 18.8 Å². The van der Waals surface area contributed by atoms with E-state index in [2.05, 4.69) is 26.1 Å². The fourth-order valence-electron chi connectivity index (χ4n) is 9.39. The number of carbonyl (C=O) groups excluding carboxylic acids is 1. The summed E-state index contributed by atoms with van der Waals surface area (Å²) in [5.41, 5.74) is 9.83. The highest BCUT2D eigenvalue weighted by atomic mass is 32.2. The Balaban J connectivity index is 0.000000512. The first-order chi connectivity index (χ1) is 20.3. The third-order valence-electron chi connectivity index (χ3n) is 11.8. The van der Waals surface area contributed by atoms with Crippen LogP contribution in [-0.4, -0.2) is 100 Å². The summed E-state index contributed by atoms with van der Waals surface area (Å²) in [6, 6.07) is 0. The van der Waals surface area contributed by atoms with Gasteiger partial charge in [-0.05, 0) is 97.7 Å². The molecule has 4 rings (SSSR count). The van der Waals surface area contributed by atoms with E-state index in [9.17, 15) is 33.3 Å². The lowest BCUT2D eigenvalue weighted by Gasteiger charge is -2.63. The number of guanidine groups is 1. The van der Waals surface area contributed by atoms with Crippen LogP contribution < -0.4 is 16.8 Å². The molecule has 0 aromatic rings. The number of aliphatic hydroxyl groups is 3. The summed E-state index contributed by atoms with van der Waals surface area (Å²) in [6.07, 6.45) is 5.67. The predicted molar refractivity (Wildman–Crippen MR) is 164 cm³/mol. The van der Waals surface area contributed by atoms with Crippen LogP contribution in [0.1, 0.15) is 78.6 Å². The maximum atomic E-state index is 12.2. The second kappa shape index (κ2) is 14.2. The molecule has 11 atom stereocenters. The van der Waals surface area contributed by atoms with E-state index >= 15 is 0 Å². The van der Waals surface area contributed by atoms with E-state index in [-0.39, 0.29) is 77.9 Å². The second-order valence-corrected chi connectivity index (χ2v) is 15.9. The molecular formula is C30H55N4O9S+. The first-order valence-electron chi connectivity index (χ1n) is 15.9. The van der Waals surface area contributed by atoms with Crippen molar-refractivity contribution in [2.24, 2.45) is 57.8 Å². The number of nitrogens with one attached hydrogen (secondary N) is 1. The van der Waals surface area contributed by atoms with Gasteiger partial charge in [0.05, 0.1) is 31.1 Å². The zero-order chi connectivity index (χ0) is 33.2. The molecule has 1 amide bonds. The Kier molecular flexibility index (Phi) is 11.8. The van der Waals surface area contributed by atoms with Crippen LogP contribution >= 0.6 is 0 Å². The fourth-order valence-corrected chi connectivity index (χ4v) is 9.75. The average Bonchev–Trinajstić information content (AvgIpc) is 3.26. The van der Waals surface area contributed by atoms with Crippen molar-refractivity contribution in [3.05, 3.63) is 0 Å². The third kappa shape index (κ3) is 8.04. The molecule has 0 unspecified atom stereocenters. The minimum atomic E-state index is -4.10. The van der Waals surface area contributed by atoms with Crippen molar-refractivity contribution < 1.29 is 47.6 Å². The minimum Gasteiger partial charge on any atom is -0.479 e. The van der Waals surface area contributed by atoms with Gasteiger partial charge < -0.3 is 25.7 Å². The van der Waals surface area contributed by atoms with E-state index in [1.807, 2.05) is 0 Å². The van der Waals surface area contributed by atoms with E-state index in [0.717, 1.165) is 38.5 Å². The Morgan fingerprint density at radius 2 is 1.70 bits per heavy atom. The molecule has 10 N–H and O–H groups in total. The highest BCUT2D eigenvalue weighted by Gasteiger charge is 2.65. The molecule has 0 aliphatic heterocycles. The van der Waals surface area contributed by atoms with Gasteiger partial charge in [0.25, 0.3) is 10.1 Å². The van der Waals surface area contributed by atoms with Gasteiger partial charge >= 0.3 is 11.9 Å². The number of likely N-dealkylation sites (N-methyl/N-ethyl adjacent to an activating group) is 1. The molecule has 13 nitrogen and oxygen atoms in total. The molecule has 4 saturated carbocycles. The molecule has 14 heteroatoms. The Labute approximate surface area is 261 Å². The molecule has 0 aromatic carbocycles. The Hall–Kier alpha value is -2.00. The molecule has 0 spiro atoms. The Bertz CT molecular complexity index is 1180. The zero-order valence-corrected chi connectivity index (χ0v) is 27.4. The molecule has 0 saturated heterocycles. The monoisotopic (exact) mass is 647 g/mol. The summed E-state index contributed by atoms with van der Waals surface area (Å²) in [5.74, 6) is -0.236. The Morgan fingerprint density at radius 3 is 2.27 bits per heavy atom. The highest BCUT2D eigenvalue weighted by Crippen LogP contribution is 2.68. The second-order valence-electron chi connectivity index (χ2n) is 14.4. The molecule has 0 radical (unpaired) electrons. The van der Waals surface area contributed by atoms with Gasteiger partial charge in [0.15, 0.2) is 6.54 Å².